The molecule has 0 rings (SSSR count). The Morgan fingerprint density at radius 2 is 1.40 bits per heavy atom. The summed E-state index contributed by atoms with van der Waals surface area (Å²) in [6.07, 6.45) is 21.1. The Morgan fingerprint density at radius 3 is 2.00 bits per heavy atom. The number of hydrogen-bond acceptors (Lipinski definition) is 0. The van der Waals surface area contributed by atoms with Crippen molar-refractivity contribution in [2.45, 2.75) is 58.3 Å². The summed E-state index contributed by atoms with van der Waals surface area (Å²) in [6.45, 7) is 5.91. The van der Waals surface area contributed by atoms with E-state index in [9.17, 15) is 0 Å². The SMILES string of the molecule is C=CCC=CCCCCCC=CCCC. The minimum Gasteiger partial charge on any atom is -0.103 e. The Balaban J connectivity index is 3.07. The first kappa shape index (κ1) is 14.2. The smallest absolute Gasteiger partial charge is 0.0172 e. The topological polar surface area (TPSA) is 0 Å². The molecule has 0 heteroatoms. The lowest BCUT2D eigenvalue weighted by molar-refractivity contribution is 0.694. The summed E-state index contributed by atoms with van der Waals surface area (Å²) >= 11 is 0. The predicted molar refractivity (Wildman–Crippen MR) is 71.1 cm³/mol. The highest BCUT2D eigenvalue weighted by Crippen LogP contribution is 2.05. The Bertz CT molecular complexity index is 174. The molecule has 0 unspecified atom stereocenters. The lowest BCUT2D eigenvalue weighted by atomic mass is 10.1. The van der Waals surface area contributed by atoms with Gasteiger partial charge in [-0.1, -0.05) is 50.1 Å². The first-order chi connectivity index (χ1) is 7.41. The van der Waals surface area contributed by atoms with Crippen LogP contribution in [-0.2, 0) is 0 Å². The maximum atomic E-state index is 3.68. The Labute approximate surface area is 95.8 Å². The van der Waals surface area contributed by atoms with E-state index < -0.39 is 0 Å². The maximum Gasteiger partial charge on any atom is -0.0172 e. The molecule has 15 heavy (non-hydrogen) atoms. The summed E-state index contributed by atoms with van der Waals surface area (Å²) in [5, 5.41) is 0. The molecule has 0 fully saturated rings. The van der Waals surface area contributed by atoms with Crippen LogP contribution in [0.3, 0.4) is 0 Å². The lowest BCUT2D eigenvalue weighted by Crippen LogP contribution is -1.75. The van der Waals surface area contributed by atoms with Crippen LogP contribution < -0.4 is 0 Å². The van der Waals surface area contributed by atoms with Gasteiger partial charge in [-0.2, -0.15) is 0 Å². The second-order valence-electron chi connectivity index (χ2n) is 3.89. The summed E-state index contributed by atoms with van der Waals surface area (Å²) in [5.74, 6) is 0. The summed E-state index contributed by atoms with van der Waals surface area (Å²) in [4.78, 5) is 0. The van der Waals surface area contributed by atoms with Crippen molar-refractivity contribution in [2.75, 3.05) is 0 Å². The van der Waals surface area contributed by atoms with E-state index in [1.807, 2.05) is 6.08 Å². The van der Waals surface area contributed by atoms with Gasteiger partial charge in [0.1, 0.15) is 0 Å². The molecule has 86 valence electrons. The number of hydrogen-bond donors (Lipinski definition) is 0. The molecule has 0 atom stereocenters. The van der Waals surface area contributed by atoms with Gasteiger partial charge in [0.25, 0.3) is 0 Å². The zero-order valence-electron chi connectivity index (χ0n) is 10.3. The molecule has 0 spiro atoms. The standard InChI is InChI=1S/C15H26/c1-3-5-7-9-11-13-15-14-12-10-8-6-4-2/h3,7-10H,1,4-6,11-15H2,2H3. The van der Waals surface area contributed by atoms with Gasteiger partial charge in [-0.05, 0) is 38.5 Å². The third kappa shape index (κ3) is 13.2. The minimum absolute atomic E-state index is 1.01. The van der Waals surface area contributed by atoms with E-state index in [4.69, 9.17) is 0 Å². The van der Waals surface area contributed by atoms with Crippen molar-refractivity contribution in [1.29, 1.82) is 0 Å². The largest absolute Gasteiger partial charge is 0.103 e. The molecule has 0 nitrogen and oxygen atoms in total. The van der Waals surface area contributed by atoms with Crippen molar-refractivity contribution in [3.05, 3.63) is 37.0 Å². The van der Waals surface area contributed by atoms with E-state index >= 15 is 0 Å². The van der Waals surface area contributed by atoms with E-state index in [1.165, 1.54) is 44.9 Å². The van der Waals surface area contributed by atoms with Crippen LogP contribution >= 0.6 is 0 Å². The van der Waals surface area contributed by atoms with E-state index in [2.05, 4.69) is 37.8 Å². The van der Waals surface area contributed by atoms with Crippen molar-refractivity contribution >= 4 is 0 Å². The highest BCUT2D eigenvalue weighted by molar-refractivity contribution is 4.88. The van der Waals surface area contributed by atoms with Crippen LogP contribution in [0.15, 0.2) is 37.0 Å². The fraction of sp³-hybridized carbons (Fsp3) is 0.600. The van der Waals surface area contributed by atoms with E-state index in [-0.39, 0.29) is 0 Å². The first-order valence-electron chi connectivity index (χ1n) is 6.32. The number of rotatable bonds is 10. The summed E-state index contributed by atoms with van der Waals surface area (Å²) < 4.78 is 0. The second-order valence-corrected chi connectivity index (χ2v) is 3.89. The molecule has 0 aliphatic heterocycles. The van der Waals surface area contributed by atoms with Crippen molar-refractivity contribution in [2.24, 2.45) is 0 Å². The quantitative estimate of drug-likeness (QED) is 0.330. The molecule has 0 amide bonds. The van der Waals surface area contributed by atoms with Gasteiger partial charge in [0.15, 0.2) is 0 Å². The molecule has 0 heterocycles. The van der Waals surface area contributed by atoms with Crippen LogP contribution in [0.25, 0.3) is 0 Å². The van der Waals surface area contributed by atoms with Crippen LogP contribution in [0.4, 0.5) is 0 Å². The van der Waals surface area contributed by atoms with Gasteiger partial charge in [-0.15, -0.1) is 6.58 Å². The molecule has 0 aliphatic carbocycles. The predicted octanol–water partition coefficient (Wildman–Crippen LogP) is 5.43. The fourth-order valence-corrected chi connectivity index (χ4v) is 1.41. The first-order valence-corrected chi connectivity index (χ1v) is 6.32. The molecule has 0 aliphatic rings. The molecular weight excluding hydrogens is 180 g/mol. The Hall–Kier alpha value is -0.780. The fourth-order valence-electron chi connectivity index (χ4n) is 1.41. The molecule has 0 N–H and O–H groups in total. The second kappa shape index (κ2) is 13.2. The average molecular weight is 206 g/mol. The third-order valence-electron chi connectivity index (χ3n) is 2.33. The van der Waals surface area contributed by atoms with E-state index in [1.54, 1.807) is 0 Å². The van der Waals surface area contributed by atoms with E-state index in [0.29, 0.717) is 0 Å². The maximum absolute atomic E-state index is 3.68. The molecule has 0 aromatic rings. The van der Waals surface area contributed by atoms with Crippen LogP contribution in [-0.4, -0.2) is 0 Å². The van der Waals surface area contributed by atoms with E-state index in [0.717, 1.165) is 6.42 Å². The highest BCUT2D eigenvalue weighted by atomic mass is 13.9. The minimum atomic E-state index is 1.01. The zero-order chi connectivity index (χ0) is 11.2. The van der Waals surface area contributed by atoms with Gasteiger partial charge in [0.05, 0.1) is 0 Å². The van der Waals surface area contributed by atoms with Gasteiger partial charge in [0, 0.05) is 0 Å². The third-order valence-corrected chi connectivity index (χ3v) is 2.33. The Morgan fingerprint density at radius 1 is 0.800 bits per heavy atom. The van der Waals surface area contributed by atoms with Gasteiger partial charge in [0.2, 0.25) is 0 Å². The van der Waals surface area contributed by atoms with Gasteiger partial charge in [-0.3, -0.25) is 0 Å². The molecule has 0 aromatic heterocycles. The zero-order valence-corrected chi connectivity index (χ0v) is 10.3. The van der Waals surface area contributed by atoms with Crippen LogP contribution in [0.1, 0.15) is 58.3 Å². The number of allylic oxidation sites excluding steroid dienone is 5. The number of unbranched alkanes of at least 4 members (excludes halogenated alkanes) is 5. The molecule has 0 saturated carbocycles. The Kier molecular flexibility index (Phi) is 12.5. The van der Waals surface area contributed by atoms with Crippen LogP contribution in [0.2, 0.25) is 0 Å². The lowest BCUT2D eigenvalue weighted by Gasteiger charge is -1.95. The van der Waals surface area contributed by atoms with Crippen molar-refractivity contribution < 1.29 is 0 Å². The van der Waals surface area contributed by atoms with Crippen molar-refractivity contribution in [3.8, 4) is 0 Å². The summed E-state index contributed by atoms with van der Waals surface area (Å²) in [5.41, 5.74) is 0. The van der Waals surface area contributed by atoms with Crippen LogP contribution in [0, 0.1) is 0 Å². The normalized spacial score (nSPS) is 11.5. The molecular formula is C15H26. The molecule has 0 saturated heterocycles. The van der Waals surface area contributed by atoms with Gasteiger partial charge < -0.3 is 0 Å². The molecule has 0 radical (unpaired) electrons. The highest BCUT2D eigenvalue weighted by Gasteiger charge is 1.85. The monoisotopic (exact) mass is 206 g/mol. The van der Waals surface area contributed by atoms with Crippen LogP contribution in [0.5, 0.6) is 0 Å². The molecule has 0 bridgehead atoms. The summed E-state index contributed by atoms with van der Waals surface area (Å²) in [7, 11) is 0. The molecule has 0 aromatic carbocycles. The average Bonchev–Trinajstić information content (AvgIpc) is 2.26. The summed E-state index contributed by atoms with van der Waals surface area (Å²) in [6, 6.07) is 0. The van der Waals surface area contributed by atoms with Crippen molar-refractivity contribution in [1.82, 2.24) is 0 Å². The van der Waals surface area contributed by atoms with Gasteiger partial charge in [-0.25, -0.2) is 0 Å². The van der Waals surface area contributed by atoms with Gasteiger partial charge >= 0.3 is 0 Å². The van der Waals surface area contributed by atoms with Crippen molar-refractivity contribution in [3.63, 3.8) is 0 Å².